The summed E-state index contributed by atoms with van der Waals surface area (Å²) in [7, 11) is 0. The van der Waals surface area contributed by atoms with Gasteiger partial charge in [-0.2, -0.15) is 12.2 Å². The van der Waals surface area contributed by atoms with Crippen molar-refractivity contribution >= 4 is 5.49 Å². The zero-order valence-electron chi connectivity index (χ0n) is 15.7. The van der Waals surface area contributed by atoms with Crippen LogP contribution in [0.2, 0.25) is 13.1 Å². The van der Waals surface area contributed by atoms with E-state index in [-0.39, 0.29) is 30.3 Å². The molecule has 0 aromatic rings. The first-order valence-corrected chi connectivity index (χ1v) is 16.5. The van der Waals surface area contributed by atoms with Crippen molar-refractivity contribution in [1.29, 1.82) is 0 Å². The van der Waals surface area contributed by atoms with E-state index in [1.54, 1.807) is 0 Å². The molecule has 2 aliphatic rings. The number of unbranched alkanes of at least 4 members (excludes halogenated alkanes) is 2. The fourth-order valence-electron chi connectivity index (χ4n) is 1.99. The Morgan fingerprint density at radius 1 is 0.875 bits per heavy atom. The number of allylic oxidation sites excluding steroid dienone is 8. The summed E-state index contributed by atoms with van der Waals surface area (Å²) in [5.74, 6) is 0. The zero-order chi connectivity index (χ0) is 16.6. The van der Waals surface area contributed by atoms with Crippen LogP contribution in [-0.4, -0.2) is 5.49 Å². The van der Waals surface area contributed by atoms with Crippen molar-refractivity contribution in [3.05, 3.63) is 47.6 Å². The Hall–Kier alpha value is 0.627. The van der Waals surface area contributed by atoms with E-state index in [0.717, 1.165) is 12.8 Å². The van der Waals surface area contributed by atoms with Crippen LogP contribution in [0.3, 0.4) is 0 Å². The predicted octanol–water partition coefficient (Wildman–Crippen LogP) is 0.524. The second-order valence-electron chi connectivity index (χ2n) is 5.87. The summed E-state index contributed by atoms with van der Waals surface area (Å²) in [5.41, 5.74) is 3.23. The van der Waals surface area contributed by atoms with Crippen molar-refractivity contribution < 1.29 is 47.8 Å². The smallest absolute Gasteiger partial charge is 1.00 e. The molecule has 0 saturated heterocycles. The van der Waals surface area contributed by atoms with Gasteiger partial charge in [0.05, 0.1) is 0 Å². The molecule has 136 valence electrons. The molecule has 0 unspecified atom stereocenters. The molecule has 0 atom stereocenters. The van der Waals surface area contributed by atoms with Crippen molar-refractivity contribution in [1.82, 2.24) is 0 Å². The molecule has 24 heavy (non-hydrogen) atoms. The minimum atomic E-state index is 0. The average molecular weight is 550 g/mol. The van der Waals surface area contributed by atoms with Crippen LogP contribution in [0.15, 0.2) is 35.5 Å². The van der Waals surface area contributed by atoms with Gasteiger partial charge in [-0.1, -0.05) is 52.4 Å². The van der Waals surface area contributed by atoms with Gasteiger partial charge in [0.1, 0.15) is 0 Å². The van der Waals surface area contributed by atoms with Crippen molar-refractivity contribution in [2.24, 2.45) is 0 Å². The van der Waals surface area contributed by atoms with Crippen LogP contribution < -0.4 is 24.8 Å². The van der Waals surface area contributed by atoms with Crippen LogP contribution in [0.4, 0.5) is 0 Å². The molecule has 0 spiro atoms. The number of rotatable bonds is 6. The topological polar surface area (TPSA) is 0 Å². The first-order chi connectivity index (χ1) is 10.6. The maximum absolute atomic E-state index is 3.16. The van der Waals surface area contributed by atoms with E-state index in [1.165, 1.54) is 72.7 Å². The maximum atomic E-state index is 3.16. The molecule has 0 aromatic carbocycles. The maximum Gasteiger partial charge on any atom is -1.00 e. The van der Waals surface area contributed by atoms with Crippen LogP contribution in [0, 0.1) is 12.2 Å². The standard InChI is InChI=1S/2C9H13.C2H6Si.2ClH.Hf/c2*1-2-3-6-9-7-4-5-8-9;1-3-2;;;/h2*7-8H,2-4,6H2,1H3;1-2H3;2*1H;/q2*-1;;;;+2/p-2. The molecule has 0 saturated carbocycles. The van der Waals surface area contributed by atoms with Gasteiger partial charge in [-0.3, -0.25) is 12.2 Å². The average Bonchev–Trinajstić information content (AvgIpc) is 3.16. The molecule has 0 bridgehead atoms. The van der Waals surface area contributed by atoms with Gasteiger partial charge in [-0.25, -0.2) is 23.3 Å². The van der Waals surface area contributed by atoms with Crippen molar-refractivity contribution in [2.45, 2.75) is 78.3 Å². The van der Waals surface area contributed by atoms with Crippen molar-refractivity contribution in [3.63, 3.8) is 0 Å². The molecular weight excluding hydrogens is 518 g/mol. The first kappa shape index (κ1) is 29.4. The van der Waals surface area contributed by atoms with Crippen LogP contribution in [0.25, 0.3) is 0 Å². The first-order valence-electron chi connectivity index (χ1n) is 8.63. The van der Waals surface area contributed by atoms with E-state index in [0.29, 0.717) is 0 Å². The van der Waals surface area contributed by atoms with Crippen LogP contribution in [-0.2, 0) is 23.0 Å². The quantitative estimate of drug-likeness (QED) is 0.335. The molecule has 0 radical (unpaired) electrons. The Balaban J connectivity index is -0.000000283. The van der Waals surface area contributed by atoms with Gasteiger partial charge < -0.3 is 24.8 Å². The van der Waals surface area contributed by atoms with Gasteiger partial charge in [0.25, 0.3) is 0 Å². The Morgan fingerprint density at radius 2 is 1.21 bits per heavy atom. The number of hydrogen-bond donors (Lipinski definition) is 0. The van der Waals surface area contributed by atoms with Crippen molar-refractivity contribution in [3.8, 4) is 0 Å². The molecule has 0 amide bonds. The molecule has 0 aliphatic heterocycles. The Kier molecular flexibility index (Phi) is 26.5. The van der Waals surface area contributed by atoms with E-state index in [1.807, 2.05) is 0 Å². The predicted molar refractivity (Wildman–Crippen MR) is 97.6 cm³/mol. The SMILES string of the molecule is CCCCC1=CC[C-]=C1.CCCCC1=CC[C-]=C1.C[Si](C)=[Hf+2].[Cl-].[Cl-]. The van der Waals surface area contributed by atoms with E-state index < -0.39 is 0 Å². The van der Waals surface area contributed by atoms with Gasteiger partial charge in [0.15, 0.2) is 0 Å². The molecule has 2 rings (SSSR count). The van der Waals surface area contributed by atoms with E-state index in [2.05, 4.69) is 63.4 Å². The molecular formula is C20H32Cl2HfSi-2. The Labute approximate surface area is 178 Å². The monoisotopic (exact) mass is 550 g/mol. The summed E-state index contributed by atoms with van der Waals surface area (Å²) in [6.45, 7) is 9.11. The van der Waals surface area contributed by atoms with Gasteiger partial charge >= 0.3 is 41.6 Å². The normalized spacial score (nSPS) is 13.4. The fraction of sp³-hybridized carbons (Fsp3) is 0.600. The summed E-state index contributed by atoms with van der Waals surface area (Å²) in [5, 5.41) is 0. The third-order valence-corrected chi connectivity index (χ3v) is 3.18. The van der Waals surface area contributed by atoms with E-state index in [4.69, 9.17) is 0 Å². The second-order valence-corrected chi connectivity index (χ2v) is 18.6. The summed E-state index contributed by atoms with van der Waals surface area (Å²) >= 11 is 1.45. The van der Waals surface area contributed by atoms with Gasteiger partial charge in [0, 0.05) is 0 Å². The van der Waals surface area contributed by atoms with Crippen molar-refractivity contribution in [2.75, 3.05) is 0 Å². The summed E-state index contributed by atoms with van der Waals surface area (Å²) in [6, 6.07) is 0. The minimum absolute atomic E-state index is 0. The van der Waals surface area contributed by atoms with Gasteiger partial charge in [-0.15, -0.1) is 12.8 Å². The molecule has 0 fully saturated rings. The fourth-order valence-corrected chi connectivity index (χ4v) is 1.99. The van der Waals surface area contributed by atoms with Crippen LogP contribution >= 0.6 is 0 Å². The second kappa shape index (κ2) is 21.7. The largest absolute Gasteiger partial charge is 1.00 e. The molecule has 0 nitrogen and oxygen atoms in total. The van der Waals surface area contributed by atoms with E-state index in [9.17, 15) is 0 Å². The molecule has 0 N–H and O–H groups in total. The molecule has 2 aliphatic carbocycles. The third kappa shape index (κ3) is 20.7. The number of halogens is 2. The summed E-state index contributed by atoms with van der Waals surface area (Å²) in [6.07, 6.45) is 24.9. The Bertz CT molecular complexity index is 385. The summed E-state index contributed by atoms with van der Waals surface area (Å²) in [4.78, 5) is 0. The molecule has 0 aromatic heterocycles. The number of hydrogen-bond acceptors (Lipinski definition) is 0. The van der Waals surface area contributed by atoms with Gasteiger partial charge in [-0.05, 0) is 0 Å². The Morgan fingerprint density at radius 3 is 1.42 bits per heavy atom. The van der Waals surface area contributed by atoms with Crippen LogP contribution in [0.1, 0.15) is 65.2 Å². The zero-order valence-corrected chi connectivity index (χ0v) is 21.8. The summed E-state index contributed by atoms with van der Waals surface area (Å²) < 4.78 is 0. The van der Waals surface area contributed by atoms with E-state index >= 15 is 0 Å². The third-order valence-electron chi connectivity index (χ3n) is 3.18. The van der Waals surface area contributed by atoms with Crippen LogP contribution in [0.5, 0.6) is 0 Å². The van der Waals surface area contributed by atoms with Gasteiger partial charge in [0.2, 0.25) is 0 Å². The molecule has 0 heterocycles. The molecule has 4 heteroatoms. The minimum Gasteiger partial charge on any atom is -1.00 e.